The van der Waals surface area contributed by atoms with E-state index in [0.29, 0.717) is 36.4 Å². The van der Waals surface area contributed by atoms with Gasteiger partial charge in [0, 0.05) is 20.0 Å². The fourth-order valence-corrected chi connectivity index (χ4v) is 3.33. The molecule has 0 radical (unpaired) electrons. The maximum Gasteiger partial charge on any atom is 0.171 e. The van der Waals surface area contributed by atoms with Crippen molar-refractivity contribution in [3.8, 4) is 6.07 Å². The Hall–Kier alpha value is -1.58. The molecule has 3 N–H and O–H groups in total. The number of nitrogens with zero attached hydrogens (tertiary/aromatic N) is 2. The fraction of sp³-hybridized carbons (Fsp3) is 0.538. The Balaban J connectivity index is 2.34. The third-order valence-corrected chi connectivity index (χ3v) is 4.85. The van der Waals surface area contributed by atoms with Crippen molar-refractivity contribution in [2.45, 2.75) is 32.3 Å². The first kappa shape index (κ1) is 13.8. The molecular weight excluding hydrogens is 262 g/mol. The highest BCUT2D eigenvalue weighted by Gasteiger charge is 2.30. The topological polar surface area (TPSA) is 90.4 Å². The van der Waals surface area contributed by atoms with E-state index in [-0.39, 0.29) is 11.5 Å². The smallest absolute Gasteiger partial charge is 0.171 e. The lowest BCUT2D eigenvalue weighted by Crippen LogP contribution is -2.42. The van der Waals surface area contributed by atoms with Gasteiger partial charge in [-0.2, -0.15) is 5.26 Å². The monoisotopic (exact) mass is 279 g/mol. The van der Waals surface area contributed by atoms with Gasteiger partial charge in [-0.15, -0.1) is 11.3 Å². The molecule has 0 spiro atoms. The van der Waals surface area contributed by atoms with Crippen molar-refractivity contribution in [1.82, 2.24) is 0 Å². The molecule has 0 aromatic carbocycles. The molecule has 2 rings (SSSR count). The van der Waals surface area contributed by atoms with Gasteiger partial charge in [0.2, 0.25) is 0 Å². The summed E-state index contributed by atoms with van der Waals surface area (Å²) in [5, 5.41) is 19.9. The Morgan fingerprint density at radius 2 is 2.11 bits per heavy atom. The number of carbonyl (C=O) groups is 1. The zero-order valence-electron chi connectivity index (χ0n) is 11.1. The van der Waals surface area contributed by atoms with Gasteiger partial charge in [0.25, 0.3) is 0 Å². The average molecular weight is 279 g/mol. The van der Waals surface area contributed by atoms with Crippen LogP contribution in [0.3, 0.4) is 0 Å². The van der Waals surface area contributed by atoms with Crippen molar-refractivity contribution >= 4 is 27.8 Å². The lowest BCUT2D eigenvalue weighted by molar-refractivity contribution is 0.0352. The number of thiophene rings is 1. The van der Waals surface area contributed by atoms with E-state index in [4.69, 9.17) is 5.73 Å². The zero-order chi connectivity index (χ0) is 14.2. The average Bonchev–Trinajstić information content (AvgIpc) is 2.66. The highest BCUT2D eigenvalue weighted by atomic mass is 32.1. The molecule has 0 bridgehead atoms. The van der Waals surface area contributed by atoms with Crippen molar-refractivity contribution in [1.29, 1.82) is 5.26 Å². The molecule has 1 aromatic rings. The van der Waals surface area contributed by atoms with Crippen LogP contribution in [0.25, 0.3) is 0 Å². The molecule has 6 heteroatoms. The number of hydrogen-bond donors (Lipinski definition) is 2. The number of nitrogen functional groups attached to an aromatic ring is 1. The lowest BCUT2D eigenvalue weighted by atomic mass is 9.94. The molecular formula is C13H17N3O2S. The van der Waals surface area contributed by atoms with Crippen LogP contribution in [0.2, 0.25) is 0 Å². The molecule has 0 unspecified atom stereocenters. The van der Waals surface area contributed by atoms with Crippen LogP contribution in [-0.2, 0) is 0 Å². The van der Waals surface area contributed by atoms with Crippen LogP contribution in [0.1, 0.15) is 41.9 Å². The van der Waals surface area contributed by atoms with Crippen LogP contribution >= 0.6 is 11.3 Å². The summed E-state index contributed by atoms with van der Waals surface area (Å²) in [6.45, 7) is 4.60. The van der Waals surface area contributed by atoms with Crippen LogP contribution in [0.15, 0.2) is 0 Å². The highest BCUT2D eigenvalue weighted by Crippen LogP contribution is 2.39. The molecule has 1 aromatic heterocycles. The van der Waals surface area contributed by atoms with Gasteiger partial charge in [-0.05, 0) is 19.8 Å². The third-order valence-electron chi connectivity index (χ3n) is 3.49. The van der Waals surface area contributed by atoms with E-state index in [1.807, 2.05) is 11.8 Å². The number of Topliss-reactive ketones (excluding diaryl/α,β-unsaturated/α-hetero) is 1. The number of rotatable bonds is 2. The van der Waals surface area contributed by atoms with E-state index in [0.717, 1.165) is 5.00 Å². The second-order valence-electron chi connectivity index (χ2n) is 5.18. The molecule has 5 nitrogen and oxygen atoms in total. The summed E-state index contributed by atoms with van der Waals surface area (Å²) in [7, 11) is 0. The van der Waals surface area contributed by atoms with Gasteiger partial charge in [0.05, 0.1) is 16.2 Å². The SMILES string of the molecule is CC(=O)c1sc(N2CCC(C)(O)CC2)c(C#N)c1N. The van der Waals surface area contributed by atoms with Crippen LogP contribution in [-0.4, -0.2) is 29.6 Å². The van der Waals surface area contributed by atoms with Crippen molar-refractivity contribution in [2.75, 3.05) is 23.7 Å². The minimum absolute atomic E-state index is 0.116. The fourth-order valence-electron chi connectivity index (χ4n) is 2.22. The van der Waals surface area contributed by atoms with Crippen LogP contribution < -0.4 is 10.6 Å². The van der Waals surface area contributed by atoms with E-state index in [1.165, 1.54) is 18.3 Å². The van der Waals surface area contributed by atoms with E-state index in [2.05, 4.69) is 6.07 Å². The van der Waals surface area contributed by atoms with Crippen molar-refractivity contribution < 1.29 is 9.90 Å². The van der Waals surface area contributed by atoms with Gasteiger partial charge in [-0.25, -0.2) is 0 Å². The predicted octanol–water partition coefficient (Wildman–Crippen LogP) is 1.76. The second-order valence-corrected chi connectivity index (χ2v) is 6.18. The third kappa shape index (κ3) is 2.57. The predicted molar refractivity (Wildman–Crippen MR) is 75.5 cm³/mol. The Bertz CT molecular complexity index is 547. The summed E-state index contributed by atoms with van der Waals surface area (Å²) in [5.74, 6) is -0.116. The maximum absolute atomic E-state index is 11.5. The zero-order valence-corrected chi connectivity index (χ0v) is 11.9. The molecule has 19 heavy (non-hydrogen) atoms. The summed E-state index contributed by atoms with van der Waals surface area (Å²) in [6, 6.07) is 2.09. The second kappa shape index (κ2) is 4.83. The number of nitrogens with two attached hydrogens (primary N) is 1. The van der Waals surface area contributed by atoms with Crippen LogP contribution in [0, 0.1) is 11.3 Å². The normalized spacial score (nSPS) is 18.1. The maximum atomic E-state index is 11.5. The van der Waals surface area contributed by atoms with Gasteiger partial charge in [-0.3, -0.25) is 4.79 Å². The molecule has 102 valence electrons. The first-order valence-corrected chi connectivity index (χ1v) is 6.98. The number of nitriles is 1. The van der Waals surface area contributed by atoms with Crippen LogP contribution in [0.4, 0.5) is 10.7 Å². The number of carbonyl (C=O) groups excluding carboxylic acids is 1. The molecule has 0 amide bonds. The van der Waals surface area contributed by atoms with E-state index in [9.17, 15) is 15.2 Å². The Kier molecular flexibility index (Phi) is 3.52. The molecule has 1 aliphatic rings. The molecule has 0 atom stereocenters. The number of ketones is 1. The van der Waals surface area contributed by atoms with Crippen LogP contribution in [0.5, 0.6) is 0 Å². The Morgan fingerprint density at radius 3 is 2.58 bits per heavy atom. The van der Waals surface area contributed by atoms with Crippen molar-refractivity contribution in [3.05, 3.63) is 10.4 Å². The number of aliphatic hydroxyl groups is 1. The van der Waals surface area contributed by atoms with Crippen molar-refractivity contribution in [3.63, 3.8) is 0 Å². The minimum atomic E-state index is -0.643. The quantitative estimate of drug-likeness (QED) is 0.805. The number of hydrogen-bond acceptors (Lipinski definition) is 6. The van der Waals surface area contributed by atoms with Crippen molar-refractivity contribution in [2.24, 2.45) is 0 Å². The Morgan fingerprint density at radius 1 is 1.53 bits per heavy atom. The summed E-state index contributed by atoms with van der Waals surface area (Å²) in [4.78, 5) is 14.0. The lowest BCUT2D eigenvalue weighted by Gasteiger charge is -2.36. The number of piperidine rings is 1. The highest BCUT2D eigenvalue weighted by molar-refractivity contribution is 7.19. The minimum Gasteiger partial charge on any atom is -0.396 e. The summed E-state index contributed by atoms with van der Waals surface area (Å²) in [5.41, 5.74) is 5.89. The summed E-state index contributed by atoms with van der Waals surface area (Å²) >= 11 is 1.27. The molecule has 1 fully saturated rings. The van der Waals surface area contributed by atoms with Gasteiger partial charge < -0.3 is 15.7 Å². The van der Waals surface area contributed by atoms with E-state index >= 15 is 0 Å². The standard InChI is InChI=1S/C13H17N3O2S/c1-8(17)11-10(15)9(7-14)12(19-11)16-5-3-13(2,18)4-6-16/h18H,3-6,15H2,1-2H3. The summed E-state index contributed by atoms with van der Waals surface area (Å²) in [6.07, 6.45) is 1.29. The van der Waals surface area contributed by atoms with E-state index in [1.54, 1.807) is 0 Å². The largest absolute Gasteiger partial charge is 0.396 e. The molecule has 2 heterocycles. The van der Waals surface area contributed by atoms with Gasteiger partial charge in [0.15, 0.2) is 5.78 Å². The van der Waals surface area contributed by atoms with Gasteiger partial charge in [0.1, 0.15) is 16.6 Å². The number of anilines is 2. The van der Waals surface area contributed by atoms with Gasteiger partial charge >= 0.3 is 0 Å². The van der Waals surface area contributed by atoms with Gasteiger partial charge in [-0.1, -0.05) is 0 Å². The summed E-state index contributed by atoms with van der Waals surface area (Å²) < 4.78 is 0. The van der Waals surface area contributed by atoms with E-state index < -0.39 is 5.60 Å². The molecule has 1 aliphatic heterocycles. The molecule has 1 saturated heterocycles. The Labute approximate surface area is 116 Å². The first-order chi connectivity index (χ1) is 8.85. The molecule has 0 aliphatic carbocycles. The molecule has 0 saturated carbocycles. The first-order valence-electron chi connectivity index (χ1n) is 6.16.